The number of unbranched alkanes of at least 4 members (excludes halogenated alkanes) is 1. The van der Waals surface area contributed by atoms with Gasteiger partial charge in [0.15, 0.2) is 0 Å². The molecule has 0 aliphatic carbocycles. The van der Waals surface area contributed by atoms with Crippen LogP contribution in [0.4, 0.5) is 0 Å². The highest BCUT2D eigenvalue weighted by molar-refractivity contribution is 6.31. The molecule has 2 N–H and O–H groups in total. The predicted octanol–water partition coefficient (Wildman–Crippen LogP) is 3.22. The van der Waals surface area contributed by atoms with E-state index in [1.54, 1.807) is 0 Å². The van der Waals surface area contributed by atoms with Crippen LogP contribution < -0.4 is 10.1 Å². The van der Waals surface area contributed by atoms with Crippen molar-refractivity contribution in [2.24, 2.45) is 0 Å². The summed E-state index contributed by atoms with van der Waals surface area (Å²) in [6, 6.07) is 3.74. The molecule has 112 valence electrons. The predicted molar refractivity (Wildman–Crippen MR) is 84.1 cm³/mol. The minimum Gasteiger partial charge on any atom is -0.493 e. The zero-order valence-electron chi connectivity index (χ0n) is 12.1. The third-order valence-electron chi connectivity index (χ3n) is 3.81. The molecular formula is C16H19ClN2O2. The van der Waals surface area contributed by atoms with Crippen molar-refractivity contribution in [3.63, 3.8) is 0 Å². The SMILES string of the molecule is CCCCOc1cc(Cl)cc2[nH]c3c(c12)CC(=O)NCC3. The molecule has 0 spiro atoms. The first-order chi connectivity index (χ1) is 10.2. The lowest BCUT2D eigenvalue weighted by Gasteiger charge is -2.09. The first-order valence-electron chi connectivity index (χ1n) is 7.41. The molecule has 2 heterocycles. The molecule has 1 aliphatic rings. The van der Waals surface area contributed by atoms with Gasteiger partial charge < -0.3 is 15.0 Å². The lowest BCUT2D eigenvalue weighted by atomic mass is 10.1. The second-order valence-corrected chi connectivity index (χ2v) is 5.82. The molecule has 1 aromatic heterocycles. The van der Waals surface area contributed by atoms with Gasteiger partial charge in [-0.2, -0.15) is 0 Å². The summed E-state index contributed by atoms with van der Waals surface area (Å²) in [4.78, 5) is 15.2. The number of carbonyl (C=O) groups excluding carboxylic acids is 1. The number of hydrogen-bond donors (Lipinski definition) is 2. The van der Waals surface area contributed by atoms with Crippen molar-refractivity contribution in [2.45, 2.75) is 32.6 Å². The van der Waals surface area contributed by atoms with Gasteiger partial charge in [-0.15, -0.1) is 0 Å². The summed E-state index contributed by atoms with van der Waals surface area (Å²) in [6.07, 6.45) is 3.28. The standard InChI is InChI=1S/C16H19ClN2O2/c1-2-3-6-21-14-8-10(17)7-13-16(14)11-9-15(20)18-5-4-12(11)19-13/h7-8,19H,2-6,9H2,1H3,(H,18,20). The minimum atomic E-state index is 0.0594. The quantitative estimate of drug-likeness (QED) is 0.852. The molecule has 1 aromatic carbocycles. The highest BCUT2D eigenvalue weighted by Gasteiger charge is 2.21. The normalized spacial score (nSPS) is 14.7. The van der Waals surface area contributed by atoms with Crippen LogP contribution in [0.3, 0.4) is 0 Å². The molecule has 0 bridgehead atoms. The summed E-state index contributed by atoms with van der Waals surface area (Å²) in [7, 11) is 0. The Morgan fingerprint density at radius 3 is 3.05 bits per heavy atom. The van der Waals surface area contributed by atoms with Crippen LogP contribution in [0.2, 0.25) is 5.02 Å². The van der Waals surface area contributed by atoms with Crippen LogP contribution in [-0.2, 0) is 17.6 Å². The highest BCUT2D eigenvalue weighted by atomic mass is 35.5. The molecule has 5 heteroatoms. The maximum absolute atomic E-state index is 11.8. The number of fused-ring (bicyclic) bond motifs is 3. The van der Waals surface area contributed by atoms with Crippen LogP contribution >= 0.6 is 11.6 Å². The Bertz CT molecular complexity index is 678. The zero-order chi connectivity index (χ0) is 14.8. The van der Waals surface area contributed by atoms with Gasteiger partial charge in [-0.3, -0.25) is 4.79 Å². The number of hydrogen-bond acceptors (Lipinski definition) is 2. The summed E-state index contributed by atoms with van der Waals surface area (Å²) in [5, 5.41) is 4.55. The van der Waals surface area contributed by atoms with E-state index >= 15 is 0 Å². The smallest absolute Gasteiger partial charge is 0.224 e. The van der Waals surface area contributed by atoms with Gasteiger partial charge in [0.05, 0.1) is 18.5 Å². The lowest BCUT2D eigenvalue weighted by molar-refractivity contribution is -0.120. The second kappa shape index (κ2) is 5.98. The van der Waals surface area contributed by atoms with Crippen molar-refractivity contribution in [3.8, 4) is 5.75 Å². The summed E-state index contributed by atoms with van der Waals surface area (Å²) < 4.78 is 5.90. The molecule has 3 rings (SSSR count). The molecule has 21 heavy (non-hydrogen) atoms. The van der Waals surface area contributed by atoms with E-state index in [1.165, 1.54) is 0 Å². The van der Waals surface area contributed by atoms with Crippen LogP contribution in [0, 0.1) is 0 Å². The van der Waals surface area contributed by atoms with Crippen molar-refractivity contribution in [2.75, 3.05) is 13.2 Å². The van der Waals surface area contributed by atoms with Crippen molar-refractivity contribution in [1.29, 1.82) is 0 Å². The molecule has 1 amide bonds. The van der Waals surface area contributed by atoms with Gasteiger partial charge in [0, 0.05) is 29.1 Å². The van der Waals surface area contributed by atoms with Crippen LogP contribution in [0.1, 0.15) is 31.0 Å². The van der Waals surface area contributed by atoms with Crippen molar-refractivity contribution in [1.82, 2.24) is 10.3 Å². The number of H-pyrrole nitrogens is 1. The number of carbonyl (C=O) groups is 1. The van der Waals surface area contributed by atoms with E-state index in [0.717, 1.165) is 47.2 Å². The Balaban J connectivity index is 2.08. The van der Waals surface area contributed by atoms with E-state index in [4.69, 9.17) is 16.3 Å². The van der Waals surface area contributed by atoms with E-state index in [0.29, 0.717) is 24.6 Å². The summed E-state index contributed by atoms with van der Waals surface area (Å²) >= 11 is 6.18. The fraction of sp³-hybridized carbons (Fsp3) is 0.438. The van der Waals surface area contributed by atoms with Gasteiger partial charge in [-0.25, -0.2) is 0 Å². The third-order valence-corrected chi connectivity index (χ3v) is 4.03. The molecule has 1 aliphatic heterocycles. The summed E-state index contributed by atoms with van der Waals surface area (Å²) in [5.74, 6) is 0.835. The van der Waals surface area contributed by atoms with Crippen molar-refractivity contribution < 1.29 is 9.53 Å². The number of amides is 1. The minimum absolute atomic E-state index is 0.0594. The number of aromatic nitrogens is 1. The van der Waals surface area contributed by atoms with Gasteiger partial charge in [-0.1, -0.05) is 24.9 Å². The Morgan fingerprint density at radius 1 is 1.38 bits per heavy atom. The number of rotatable bonds is 4. The number of halogens is 1. The molecule has 2 aromatic rings. The van der Waals surface area contributed by atoms with Crippen LogP contribution in [0.15, 0.2) is 12.1 Å². The van der Waals surface area contributed by atoms with Gasteiger partial charge >= 0.3 is 0 Å². The van der Waals surface area contributed by atoms with Crippen molar-refractivity contribution in [3.05, 3.63) is 28.4 Å². The monoisotopic (exact) mass is 306 g/mol. The first-order valence-corrected chi connectivity index (χ1v) is 7.79. The Hall–Kier alpha value is -1.68. The number of aromatic amines is 1. The van der Waals surface area contributed by atoms with E-state index in [-0.39, 0.29) is 5.91 Å². The summed E-state index contributed by atoms with van der Waals surface area (Å²) in [6.45, 7) is 3.46. The fourth-order valence-corrected chi connectivity index (χ4v) is 2.99. The Labute approximate surface area is 128 Å². The molecule has 0 saturated heterocycles. The maximum atomic E-state index is 11.8. The zero-order valence-corrected chi connectivity index (χ0v) is 12.8. The number of ether oxygens (including phenoxy) is 1. The van der Waals surface area contributed by atoms with Gasteiger partial charge in [-0.05, 0) is 24.1 Å². The lowest BCUT2D eigenvalue weighted by Crippen LogP contribution is -2.24. The number of nitrogens with one attached hydrogen (secondary N) is 2. The number of benzene rings is 1. The van der Waals surface area contributed by atoms with Crippen LogP contribution in [0.25, 0.3) is 10.9 Å². The molecule has 0 radical (unpaired) electrons. The van der Waals surface area contributed by atoms with Crippen LogP contribution in [-0.4, -0.2) is 24.0 Å². The van der Waals surface area contributed by atoms with E-state index in [1.807, 2.05) is 12.1 Å². The topological polar surface area (TPSA) is 54.1 Å². The van der Waals surface area contributed by atoms with Crippen LogP contribution in [0.5, 0.6) is 5.75 Å². The molecule has 4 nitrogen and oxygen atoms in total. The Kier molecular flexibility index (Phi) is 4.06. The van der Waals surface area contributed by atoms with Gasteiger partial charge in [0.25, 0.3) is 0 Å². The largest absolute Gasteiger partial charge is 0.493 e. The molecule has 0 fully saturated rings. The molecule has 0 unspecified atom stereocenters. The third kappa shape index (κ3) is 2.86. The molecular weight excluding hydrogens is 288 g/mol. The first kappa shape index (κ1) is 14.3. The highest BCUT2D eigenvalue weighted by Crippen LogP contribution is 2.35. The molecule has 0 saturated carbocycles. The van der Waals surface area contributed by atoms with Gasteiger partial charge in [0.1, 0.15) is 5.75 Å². The van der Waals surface area contributed by atoms with Gasteiger partial charge in [0.2, 0.25) is 5.91 Å². The Morgan fingerprint density at radius 2 is 2.24 bits per heavy atom. The molecule has 0 atom stereocenters. The van der Waals surface area contributed by atoms with E-state index in [2.05, 4.69) is 17.2 Å². The summed E-state index contributed by atoms with van der Waals surface area (Å²) in [5.41, 5.74) is 3.10. The average molecular weight is 307 g/mol. The van der Waals surface area contributed by atoms with Crippen molar-refractivity contribution >= 4 is 28.4 Å². The average Bonchev–Trinajstić information content (AvgIpc) is 2.66. The maximum Gasteiger partial charge on any atom is 0.224 e. The fourth-order valence-electron chi connectivity index (χ4n) is 2.78. The second-order valence-electron chi connectivity index (χ2n) is 5.39. The van der Waals surface area contributed by atoms with E-state index in [9.17, 15) is 4.79 Å². The van der Waals surface area contributed by atoms with E-state index < -0.39 is 0 Å².